The van der Waals surface area contributed by atoms with Gasteiger partial charge in [0.2, 0.25) is 0 Å². The number of nitrogens with zero attached hydrogens (tertiary/aromatic N) is 3. The molecule has 1 aliphatic rings. The normalized spacial score (nSPS) is 15.9. The van der Waals surface area contributed by atoms with E-state index in [1.165, 1.54) is 24.9 Å². The summed E-state index contributed by atoms with van der Waals surface area (Å²) in [5, 5.41) is 8.79. The maximum Gasteiger partial charge on any atom is 0.309 e. The third kappa shape index (κ3) is 2.54. The second-order valence-corrected chi connectivity index (χ2v) is 5.00. The Morgan fingerprint density at radius 2 is 2.00 bits per heavy atom. The summed E-state index contributed by atoms with van der Waals surface area (Å²) in [5.41, 5.74) is 2.59. The molecule has 0 saturated carbocycles. The lowest BCUT2D eigenvalue weighted by atomic mass is 10.1. The summed E-state index contributed by atoms with van der Waals surface area (Å²) in [4.78, 5) is 17.4. The number of carbonyl (C=O) groups is 1. The minimum Gasteiger partial charge on any atom is -0.481 e. The predicted molar refractivity (Wildman–Crippen MR) is 72.6 cm³/mol. The van der Waals surface area contributed by atoms with Gasteiger partial charge in [0.15, 0.2) is 0 Å². The van der Waals surface area contributed by atoms with E-state index in [1.807, 2.05) is 16.7 Å². The summed E-state index contributed by atoms with van der Waals surface area (Å²) in [6, 6.07) is 4.02. The van der Waals surface area contributed by atoms with E-state index in [-0.39, 0.29) is 6.42 Å². The summed E-state index contributed by atoms with van der Waals surface area (Å²) in [6.45, 7) is 2.20. The van der Waals surface area contributed by atoms with Crippen molar-refractivity contribution in [2.24, 2.45) is 0 Å². The highest BCUT2D eigenvalue weighted by Crippen LogP contribution is 2.20. The Morgan fingerprint density at radius 1 is 1.21 bits per heavy atom. The fourth-order valence-electron chi connectivity index (χ4n) is 2.61. The number of piperidine rings is 1. The third-order valence-electron chi connectivity index (χ3n) is 3.54. The minimum atomic E-state index is -0.848. The van der Waals surface area contributed by atoms with Crippen LogP contribution < -0.4 is 4.90 Å². The largest absolute Gasteiger partial charge is 0.481 e. The highest BCUT2D eigenvalue weighted by atomic mass is 16.4. The first-order chi connectivity index (χ1) is 9.22. The van der Waals surface area contributed by atoms with Crippen LogP contribution >= 0.6 is 0 Å². The number of carboxylic acid groups (broad SMARTS) is 1. The van der Waals surface area contributed by atoms with Gasteiger partial charge < -0.3 is 14.4 Å². The summed E-state index contributed by atoms with van der Waals surface area (Å²) < 4.78 is 1.92. The lowest BCUT2D eigenvalue weighted by Crippen LogP contribution is -2.29. The Kier molecular flexibility index (Phi) is 3.11. The highest BCUT2D eigenvalue weighted by Gasteiger charge is 2.12. The van der Waals surface area contributed by atoms with Crippen LogP contribution in [0.1, 0.15) is 25.0 Å². The van der Waals surface area contributed by atoms with Crippen LogP contribution in [-0.2, 0) is 11.2 Å². The summed E-state index contributed by atoms with van der Waals surface area (Å²) in [7, 11) is 0. The van der Waals surface area contributed by atoms with Gasteiger partial charge in [-0.3, -0.25) is 4.79 Å². The quantitative estimate of drug-likeness (QED) is 0.915. The van der Waals surface area contributed by atoms with E-state index in [0.717, 1.165) is 18.7 Å². The van der Waals surface area contributed by atoms with Crippen molar-refractivity contribution in [1.29, 1.82) is 0 Å². The van der Waals surface area contributed by atoms with Crippen LogP contribution in [0.3, 0.4) is 0 Å². The summed E-state index contributed by atoms with van der Waals surface area (Å²) in [6.07, 6.45) is 7.61. The van der Waals surface area contributed by atoms with Gasteiger partial charge in [0.05, 0.1) is 17.8 Å². The van der Waals surface area contributed by atoms with Crippen molar-refractivity contribution in [1.82, 2.24) is 9.38 Å². The molecule has 0 radical (unpaired) electrons. The van der Waals surface area contributed by atoms with E-state index in [2.05, 4.69) is 16.0 Å². The van der Waals surface area contributed by atoms with Crippen molar-refractivity contribution in [3.63, 3.8) is 0 Å². The highest BCUT2D eigenvalue weighted by molar-refractivity contribution is 5.70. The molecule has 3 heterocycles. The molecule has 3 rings (SSSR count). The Bertz CT molecular complexity index is 600. The standard InChI is InChI=1S/C14H17N3O2/c18-14(19)8-11-9-17-10-12(4-5-13(17)15-11)16-6-2-1-3-7-16/h4-5,9-10H,1-3,6-8H2,(H,18,19). The van der Waals surface area contributed by atoms with Crippen molar-refractivity contribution in [2.75, 3.05) is 18.0 Å². The Labute approximate surface area is 111 Å². The molecule has 0 aliphatic carbocycles. The Hall–Kier alpha value is -2.04. The zero-order valence-electron chi connectivity index (χ0n) is 10.7. The number of hydrogen-bond donors (Lipinski definition) is 1. The molecule has 1 saturated heterocycles. The molecule has 1 N–H and O–H groups in total. The molecule has 0 bridgehead atoms. The Morgan fingerprint density at radius 3 is 2.74 bits per heavy atom. The smallest absolute Gasteiger partial charge is 0.309 e. The molecule has 5 heteroatoms. The van der Waals surface area contributed by atoms with E-state index in [0.29, 0.717) is 5.69 Å². The van der Waals surface area contributed by atoms with Crippen LogP contribution in [0.25, 0.3) is 5.65 Å². The maximum atomic E-state index is 10.7. The molecule has 1 fully saturated rings. The van der Waals surface area contributed by atoms with Gasteiger partial charge in [0, 0.05) is 25.5 Å². The van der Waals surface area contributed by atoms with Crippen molar-refractivity contribution < 1.29 is 9.90 Å². The number of aromatic nitrogens is 2. The molecule has 2 aromatic heterocycles. The second kappa shape index (κ2) is 4.91. The molecule has 1 aliphatic heterocycles. The fourth-order valence-corrected chi connectivity index (χ4v) is 2.61. The number of hydrogen-bond acceptors (Lipinski definition) is 3. The van der Waals surface area contributed by atoms with Gasteiger partial charge in [-0.25, -0.2) is 4.98 Å². The van der Waals surface area contributed by atoms with Crippen molar-refractivity contribution in [3.8, 4) is 0 Å². The van der Waals surface area contributed by atoms with E-state index in [9.17, 15) is 4.79 Å². The zero-order chi connectivity index (χ0) is 13.2. The first-order valence-corrected chi connectivity index (χ1v) is 6.67. The molecule has 0 amide bonds. The first-order valence-electron chi connectivity index (χ1n) is 6.67. The monoisotopic (exact) mass is 259 g/mol. The first kappa shape index (κ1) is 12.0. The van der Waals surface area contributed by atoms with Gasteiger partial charge in [-0.15, -0.1) is 0 Å². The number of rotatable bonds is 3. The van der Waals surface area contributed by atoms with Crippen molar-refractivity contribution in [2.45, 2.75) is 25.7 Å². The molecule has 0 aromatic carbocycles. The van der Waals surface area contributed by atoms with Crippen LogP contribution in [0.4, 0.5) is 5.69 Å². The number of imidazole rings is 1. The van der Waals surface area contributed by atoms with Gasteiger partial charge in [0.25, 0.3) is 0 Å². The van der Waals surface area contributed by atoms with Crippen LogP contribution in [0.2, 0.25) is 0 Å². The third-order valence-corrected chi connectivity index (χ3v) is 3.54. The number of anilines is 1. The average Bonchev–Trinajstić information content (AvgIpc) is 2.79. The predicted octanol–water partition coefficient (Wildman–Crippen LogP) is 1.95. The van der Waals surface area contributed by atoms with Crippen LogP contribution in [0.15, 0.2) is 24.5 Å². The maximum absolute atomic E-state index is 10.7. The summed E-state index contributed by atoms with van der Waals surface area (Å²) in [5.74, 6) is -0.848. The number of fused-ring (bicyclic) bond motifs is 1. The van der Waals surface area contributed by atoms with Gasteiger partial charge in [-0.2, -0.15) is 0 Å². The molecular weight excluding hydrogens is 242 g/mol. The molecule has 5 nitrogen and oxygen atoms in total. The van der Waals surface area contributed by atoms with Crippen LogP contribution in [-0.4, -0.2) is 33.6 Å². The van der Waals surface area contributed by atoms with Gasteiger partial charge >= 0.3 is 5.97 Å². The Balaban J connectivity index is 1.89. The van der Waals surface area contributed by atoms with Crippen molar-refractivity contribution >= 4 is 17.3 Å². The van der Waals surface area contributed by atoms with Crippen LogP contribution in [0.5, 0.6) is 0 Å². The topological polar surface area (TPSA) is 57.8 Å². The SMILES string of the molecule is O=C(O)Cc1cn2cc(N3CCCCC3)ccc2n1. The van der Waals surface area contributed by atoms with Gasteiger partial charge in [0.1, 0.15) is 5.65 Å². The number of pyridine rings is 1. The van der Waals surface area contributed by atoms with Crippen LogP contribution in [0, 0.1) is 0 Å². The molecule has 2 aromatic rings. The molecule has 19 heavy (non-hydrogen) atoms. The second-order valence-electron chi connectivity index (χ2n) is 5.00. The van der Waals surface area contributed by atoms with Crippen molar-refractivity contribution in [3.05, 3.63) is 30.2 Å². The number of carboxylic acids is 1. The summed E-state index contributed by atoms with van der Waals surface area (Å²) >= 11 is 0. The lowest BCUT2D eigenvalue weighted by Gasteiger charge is -2.28. The van der Waals surface area contributed by atoms with Gasteiger partial charge in [-0.1, -0.05) is 0 Å². The van der Waals surface area contributed by atoms with E-state index < -0.39 is 5.97 Å². The molecule has 0 unspecified atom stereocenters. The number of aliphatic carboxylic acids is 1. The zero-order valence-corrected chi connectivity index (χ0v) is 10.7. The lowest BCUT2D eigenvalue weighted by molar-refractivity contribution is -0.136. The minimum absolute atomic E-state index is 0.0271. The average molecular weight is 259 g/mol. The van der Waals surface area contributed by atoms with E-state index in [4.69, 9.17) is 5.11 Å². The fraction of sp³-hybridized carbons (Fsp3) is 0.429. The molecular formula is C14H17N3O2. The molecule has 0 atom stereocenters. The molecule has 0 spiro atoms. The van der Waals surface area contributed by atoms with E-state index >= 15 is 0 Å². The van der Waals surface area contributed by atoms with E-state index in [1.54, 1.807) is 6.20 Å². The molecule has 100 valence electrons. The van der Waals surface area contributed by atoms with Gasteiger partial charge in [-0.05, 0) is 31.4 Å².